The van der Waals surface area contributed by atoms with E-state index in [1.807, 2.05) is 0 Å². The molecule has 0 aliphatic rings. The average molecular weight is 279 g/mol. The number of thiol groups is 1. The van der Waals surface area contributed by atoms with Gasteiger partial charge in [-0.15, -0.1) is 12.6 Å². The van der Waals surface area contributed by atoms with Crippen LogP contribution in [0.3, 0.4) is 0 Å². The van der Waals surface area contributed by atoms with Gasteiger partial charge < -0.3 is 10.0 Å². The van der Waals surface area contributed by atoms with E-state index in [1.165, 1.54) is 6.07 Å². The summed E-state index contributed by atoms with van der Waals surface area (Å²) in [4.78, 5) is 12.9. The second-order valence-corrected chi connectivity index (χ2v) is 4.05. The highest BCUT2D eigenvalue weighted by Gasteiger charge is 2.22. The van der Waals surface area contributed by atoms with Gasteiger partial charge in [0.15, 0.2) is 0 Å². The first-order valence-electron chi connectivity index (χ1n) is 5.12. The SMILES string of the molecule is O=C(c1cc(S)ccc1F)N(CCO)CC(F)F. The zero-order valence-electron chi connectivity index (χ0n) is 9.31. The summed E-state index contributed by atoms with van der Waals surface area (Å²) in [5.74, 6) is -1.70. The molecule has 1 aromatic rings. The standard InChI is InChI=1S/C11H12F3NO2S/c12-9-2-1-7(18)5-8(9)11(17)15(3-4-16)6-10(13)14/h1-2,5,10,16,18H,3-4,6H2. The molecule has 1 aromatic carbocycles. The molecule has 0 spiro atoms. The summed E-state index contributed by atoms with van der Waals surface area (Å²) < 4.78 is 38.0. The van der Waals surface area contributed by atoms with Gasteiger partial charge in [0.05, 0.1) is 18.7 Å². The topological polar surface area (TPSA) is 40.5 Å². The summed E-state index contributed by atoms with van der Waals surface area (Å²) in [6.45, 7) is -1.60. The molecule has 100 valence electrons. The Kier molecular flexibility index (Phi) is 5.49. The molecule has 0 bridgehead atoms. The lowest BCUT2D eigenvalue weighted by molar-refractivity contribution is 0.0505. The van der Waals surface area contributed by atoms with Gasteiger partial charge in [-0.1, -0.05) is 0 Å². The second kappa shape index (κ2) is 6.65. The van der Waals surface area contributed by atoms with Crippen LogP contribution in [0.25, 0.3) is 0 Å². The number of benzene rings is 1. The van der Waals surface area contributed by atoms with Gasteiger partial charge in [0.25, 0.3) is 12.3 Å². The van der Waals surface area contributed by atoms with E-state index >= 15 is 0 Å². The van der Waals surface area contributed by atoms with Crippen LogP contribution in [0.2, 0.25) is 0 Å². The Hall–Kier alpha value is -1.21. The highest BCUT2D eigenvalue weighted by molar-refractivity contribution is 7.80. The number of nitrogens with zero attached hydrogens (tertiary/aromatic N) is 1. The highest BCUT2D eigenvalue weighted by atomic mass is 32.1. The zero-order chi connectivity index (χ0) is 13.7. The van der Waals surface area contributed by atoms with Crippen molar-refractivity contribution in [1.29, 1.82) is 0 Å². The second-order valence-electron chi connectivity index (χ2n) is 3.53. The Morgan fingerprint density at radius 1 is 1.44 bits per heavy atom. The third-order valence-corrected chi connectivity index (χ3v) is 2.47. The van der Waals surface area contributed by atoms with Gasteiger partial charge in [-0.25, -0.2) is 13.2 Å². The molecular formula is C11H12F3NO2S. The minimum atomic E-state index is -2.75. The van der Waals surface area contributed by atoms with Crippen molar-refractivity contribution in [2.75, 3.05) is 19.7 Å². The van der Waals surface area contributed by atoms with E-state index in [1.54, 1.807) is 0 Å². The summed E-state index contributed by atoms with van der Waals surface area (Å²) in [5.41, 5.74) is -0.336. The molecule has 0 aromatic heterocycles. The molecule has 0 saturated heterocycles. The summed E-state index contributed by atoms with van der Waals surface area (Å²) in [6.07, 6.45) is -2.75. The average Bonchev–Trinajstić information content (AvgIpc) is 2.30. The van der Waals surface area contributed by atoms with Crippen molar-refractivity contribution in [3.63, 3.8) is 0 Å². The third kappa shape index (κ3) is 3.92. The van der Waals surface area contributed by atoms with Crippen molar-refractivity contribution >= 4 is 18.5 Å². The van der Waals surface area contributed by atoms with Crippen molar-refractivity contribution < 1.29 is 23.1 Å². The predicted octanol–water partition coefficient (Wildman–Crippen LogP) is 1.81. The third-order valence-electron chi connectivity index (χ3n) is 2.20. The Morgan fingerprint density at radius 3 is 2.67 bits per heavy atom. The molecule has 1 rings (SSSR count). The maximum Gasteiger partial charge on any atom is 0.257 e. The number of halogens is 3. The van der Waals surface area contributed by atoms with Gasteiger partial charge in [0, 0.05) is 11.4 Å². The molecular weight excluding hydrogens is 267 g/mol. The molecule has 0 atom stereocenters. The van der Waals surface area contributed by atoms with Crippen LogP contribution in [-0.2, 0) is 0 Å². The molecule has 0 aliphatic heterocycles. The highest BCUT2D eigenvalue weighted by Crippen LogP contribution is 2.16. The largest absolute Gasteiger partial charge is 0.395 e. The number of carbonyl (C=O) groups is 1. The number of carbonyl (C=O) groups excluding carboxylic acids is 1. The van der Waals surface area contributed by atoms with Crippen LogP contribution in [0.5, 0.6) is 0 Å². The summed E-state index contributed by atoms with van der Waals surface area (Å²) in [5, 5.41) is 8.72. The Labute approximate surface area is 108 Å². The number of alkyl halides is 2. The van der Waals surface area contributed by atoms with Gasteiger partial charge in [-0.3, -0.25) is 4.79 Å². The molecule has 0 heterocycles. The van der Waals surface area contributed by atoms with Gasteiger partial charge in [0.2, 0.25) is 0 Å². The maximum atomic E-state index is 13.4. The lowest BCUT2D eigenvalue weighted by atomic mass is 10.2. The Bertz CT molecular complexity index is 429. The van der Waals surface area contributed by atoms with E-state index < -0.39 is 31.3 Å². The molecule has 18 heavy (non-hydrogen) atoms. The van der Waals surface area contributed by atoms with Crippen molar-refractivity contribution in [3.8, 4) is 0 Å². The van der Waals surface area contributed by atoms with Gasteiger partial charge in [-0.05, 0) is 18.2 Å². The van der Waals surface area contributed by atoms with Crippen molar-refractivity contribution in [1.82, 2.24) is 4.90 Å². The minimum absolute atomic E-state index is 0.278. The van der Waals surface area contributed by atoms with Crippen LogP contribution >= 0.6 is 12.6 Å². The van der Waals surface area contributed by atoms with Crippen molar-refractivity contribution in [2.24, 2.45) is 0 Å². The quantitative estimate of drug-likeness (QED) is 0.807. The van der Waals surface area contributed by atoms with Crippen LogP contribution in [0.4, 0.5) is 13.2 Å². The first kappa shape index (κ1) is 14.8. The number of hydrogen-bond donors (Lipinski definition) is 2. The van der Waals surface area contributed by atoms with E-state index in [9.17, 15) is 18.0 Å². The van der Waals surface area contributed by atoms with Crippen molar-refractivity contribution in [3.05, 3.63) is 29.6 Å². The molecule has 3 nitrogen and oxygen atoms in total. The number of amides is 1. The Balaban J connectivity index is 2.97. The lowest BCUT2D eigenvalue weighted by Crippen LogP contribution is -2.37. The predicted molar refractivity (Wildman–Crippen MR) is 62.6 cm³/mol. The van der Waals surface area contributed by atoms with Crippen molar-refractivity contribution in [2.45, 2.75) is 11.3 Å². The molecule has 1 N–H and O–H groups in total. The van der Waals surface area contributed by atoms with Gasteiger partial charge in [0.1, 0.15) is 5.82 Å². The van der Waals surface area contributed by atoms with Crippen LogP contribution in [0.1, 0.15) is 10.4 Å². The molecule has 0 radical (unpaired) electrons. The van der Waals surface area contributed by atoms with Gasteiger partial charge in [-0.2, -0.15) is 0 Å². The van der Waals surface area contributed by atoms with E-state index in [4.69, 9.17) is 5.11 Å². The normalized spacial score (nSPS) is 10.8. The first-order valence-corrected chi connectivity index (χ1v) is 5.57. The van der Waals surface area contributed by atoms with E-state index in [-0.39, 0.29) is 12.1 Å². The fraction of sp³-hybridized carbons (Fsp3) is 0.364. The summed E-state index contributed by atoms with van der Waals surface area (Å²) in [7, 11) is 0. The molecule has 0 fully saturated rings. The maximum absolute atomic E-state index is 13.4. The minimum Gasteiger partial charge on any atom is -0.395 e. The monoisotopic (exact) mass is 279 g/mol. The van der Waals surface area contributed by atoms with E-state index in [2.05, 4.69) is 12.6 Å². The van der Waals surface area contributed by atoms with E-state index in [0.29, 0.717) is 9.80 Å². The van der Waals surface area contributed by atoms with Crippen LogP contribution in [-0.4, -0.2) is 42.0 Å². The summed E-state index contributed by atoms with van der Waals surface area (Å²) in [6, 6.07) is 3.55. The van der Waals surface area contributed by atoms with E-state index in [0.717, 1.165) is 12.1 Å². The Morgan fingerprint density at radius 2 is 2.11 bits per heavy atom. The smallest absolute Gasteiger partial charge is 0.257 e. The summed E-state index contributed by atoms with van der Waals surface area (Å²) >= 11 is 3.95. The molecule has 0 aliphatic carbocycles. The number of aliphatic hydroxyl groups is 1. The van der Waals surface area contributed by atoms with Crippen LogP contribution in [0, 0.1) is 5.82 Å². The fourth-order valence-electron chi connectivity index (χ4n) is 1.41. The molecule has 1 amide bonds. The lowest BCUT2D eigenvalue weighted by Gasteiger charge is -2.21. The zero-order valence-corrected chi connectivity index (χ0v) is 10.2. The number of rotatable bonds is 5. The number of hydrogen-bond acceptors (Lipinski definition) is 3. The van der Waals surface area contributed by atoms with Crippen LogP contribution < -0.4 is 0 Å². The molecule has 0 saturated carbocycles. The molecule has 0 unspecified atom stereocenters. The van der Waals surface area contributed by atoms with Crippen LogP contribution in [0.15, 0.2) is 23.1 Å². The fourth-order valence-corrected chi connectivity index (χ4v) is 1.61. The first-order chi connectivity index (χ1) is 8.45. The number of aliphatic hydroxyl groups excluding tert-OH is 1. The molecule has 7 heteroatoms. The van der Waals surface area contributed by atoms with Gasteiger partial charge >= 0.3 is 0 Å².